The molecule has 3 rings (SSSR count). The molecule has 0 bridgehead atoms. The fourth-order valence-corrected chi connectivity index (χ4v) is 2.92. The first-order valence-electron chi connectivity index (χ1n) is 8.72. The minimum atomic E-state index is -0.0381. The molecule has 0 spiro atoms. The molecule has 1 aliphatic heterocycles. The molecule has 2 aromatic heterocycles. The van der Waals surface area contributed by atoms with Gasteiger partial charge in [0.1, 0.15) is 5.82 Å². The predicted octanol–water partition coefficient (Wildman–Crippen LogP) is 1.07. The Kier molecular flexibility index (Phi) is 5.78. The smallest absolute Gasteiger partial charge is 0.255 e. The van der Waals surface area contributed by atoms with E-state index in [9.17, 15) is 9.59 Å². The summed E-state index contributed by atoms with van der Waals surface area (Å²) in [6.45, 7) is 3.54. The molecule has 1 fully saturated rings. The third kappa shape index (κ3) is 4.36. The number of anilines is 1. The summed E-state index contributed by atoms with van der Waals surface area (Å²) < 4.78 is 0. The first-order chi connectivity index (χ1) is 12.7. The lowest BCUT2D eigenvalue weighted by Crippen LogP contribution is -2.46. The van der Waals surface area contributed by atoms with Crippen molar-refractivity contribution < 1.29 is 9.59 Å². The number of likely N-dealkylation sites (N-methyl/N-ethyl adjacent to an activating group) is 1. The lowest BCUT2D eigenvalue weighted by molar-refractivity contribution is -0.118. The lowest BCUT2D eigenvalue weighted by Gasteiger charge is -2.33. The van der Waals surface area contributed by atoms with Gasteiger partial charge in [0.05, 0.1) is 5.56 Å². The number of hydrogen-bond donors (Lipinski definition) is 0. The molecular weight excluding hydrogens is 330 g/mol. The molecule has 2 amide bonds. The topological polar surface area (TPSA) is 69.6 Å². The van der Waals surface area contributed by atoms with Crippen LogP contribution in [0.3, 0.4) is 0 Å². The highest BCUT2D eigenvalue weighted by Gasteiger charge is 2.18. The number of pyridine rings is 2. The van der Waals surface area contributed by atoms with Crippen LogP contribution in [0.1, 0.15) is 15.9 Å². The molecule has 2 aromatic rings. The fourth-order valence-electron chi connectivity index (χ4n) is 2.92. The Morgan fingerprint density at radius 2 is 1.88 bits per heavy atom. The van der Waals surface area contributed by atoms with E-state index in [2.05, 4.69) is 14.9 Å². The van der Waals surface area contributed by atoms with Crippen LogP contribution >= 0.6 is 0 Å². The number of amides is 2. The highest BCUT2D eigenvalue weighted by Crippen LogP contribution is 2.14. The van der Waals surface area contributed by atoms with Crippen molar-refractivity contribution >= 4 is 18.1 Å². The maximum atomic E-state index is 12.5. The van der Waals surface area contributed by atoms with Crippen molar-refractivity contribution in [2.75, 3.05) is 44.7 Å². The van der Waals surface area contributed by atoms with Gasteiger partial charge in [-0.15, -0.1) is 0 Å². The van der Waals surface area contributed by atoms with Crippen molar-refractivity contribution in [1.82, 2.24) is 19.8 Å². The zero-order chi connectivity index (χ0) is 18.4. The second-order valence-electron chi connectivity index (χ2n) is 6.37. The maximum absolute atomic E-state index is 12.5. The molecule has 0 radical (unpaired) electrons. The Bertz CT molecular complexity index is 727. The van der Waals surface area contributed by atoms with Gasteiger partial charge in [-0.1, -0.05) is 0 Å². The standard InChI is InChI=1S/C19H23N5O2/c1-22(9-6-16-4-7-20-8-5-16)19(26)17-2-3-18(21-14-17)24-12-10-23(15-25)11-13-24/h2-5,7-8,14-15H,6,9-13H2,1H3. The molecule has 0 atom stereocenters. The monoisotopic (exact) mass is 353 g/mol. The van der Waals surface area contributed by atoms with E-state index < -0.39 is 0 Å². The highest BCUT2D eigenvalue weighted by atomic mass is 16.2. The number of nitrogens with zero attached hydrogens (tertiary/aromatic N) is 5. The van der Waals surface area contributed by atoms with Crippen LogP contribution < -0.4 is 4.90 Å². The Labute approximate surface area is 153 Å². The molecule has 0 unspecified atom stereocenters. The summed E-state index contributed by atoms with van der Waals surface area (Å²) in [4.78, 5) is 37.4. The van der Waals surface area contributed by atoms with Crippen molar-refractivity contribution in [2.24, 2.45) is 0 Å². The number of carbonyl (C=O) groups is 2. The molecule has 0 aliphatic carbocycles. The minimum absolute atomic E-state index is 0.0381. The Balaban J connectivity index is 1.55. The summed E-state index contributed by atoms with van der Waals surface area (Å²) in [6.07, 6.45) is 6.82. The van der Waals surface area contributed by atoms with Gasteiger partial charge in [-0.05, 0) is 36.2 Å². The van der Waals surface area contributed by atoms with Crippen LogP contribution in [-0.2, 0) is 11.2 Å². The predicted molar refractivity (Wildman–Crippen MR) is 99.0 cm³/mol. The second-order valence-corrected chi connectivity index (χ2v) is 6.37. The summed E-state index contributed by atoms with van der Waals surface area (Å²) in [5, 5.41) is 0. The van der Waals surface area contributed by atoms with Crippen LogP contribution in [0.5, 0.6) is 0 Å². The summed E-state index contributed by atoms with van der Waals surface area (Å²) in [5.41, 5.74) is 1.74. The lowest BCUT2D eigenvalue weighted by atomic mass is 10.2. The SMILES string of the molecule is CN(CCc1ccncc1)C(=O)c1ccc(N2CCN(C=O)CC2)nc1. The van der Waals surface area contributed by atoms with E-state index in [-0.39, 0.29) is 5.91 Å². The average Bonchev–Trinajstić information content (AvgIpc) is 2.72. The number of piperazine rings is 1. The normalized spacial score (nSPS) is 14.2. The van der Waals surface area contributed by atoms with Crippen molar-refractivity contribution in [3.8, 4) is 0 Å². The zero-order valence-electron chi connectivity index (χ0n) is 14.9. The first-order valence-corrected chi connectivity index (χ1v) is 8.72. The second kappa shape index (κ2) is 8.42. The maximum Gasteiger partial charge on any atom is 0.255 e. The van der Waals surface area contributed by atoms with E-state index in [0.29, 0.717) is 25.2 Å². The van der Waals surface area contributed by atoms with Crippen molar-refractivity contribution in [3.05, 3.63) is 54.0 Å². The van der Waals surface area contributed by atoms with Gasteiger partial charge in [0, 0.05) is 58.4 Å². The Morgan fingerprint density at radius 1 is 1.15 bits per heavy atom. The van der Waals surface area contributed by atoms with E-state index in [1.807, 2.05) is 24.3 Å². The molecule has 136 valence electrons. The Hall–Kier alpha value is -2.96. The third-order valence-electron chi connectivity index (χ3n) is 4.61. The largest absolute Gasteiger partial charge is 0.353 e. The molecule has 0 aromatic carbocycles. The number of hydrogen-bond acceptors (Lipinski definition) is 5. The van der Waals surface area contributed by atoms with E-state index in [4.69, 9.17) is 0 Å². The van der Waals surface area contributed by atoms with Crippen molar-refractivity contribution in [1.29, 1.82) is 0 Å². The van der Waals surface area contributed by atoms with Gasteiger partial charge in [0.15, 0.2) is 0 Å². The summed E-state index contributed by atoms with van der Waals surface area (Å²) in [6, 6.07) is 7.61. The first kappa shape index (κ1) is 17.8. The van der Waals surface area contributed by atoms with Crippen LogP contribution in [0.25, 0.3) is 0 Å². The fraction of sp³-hybridized carbons (Fsp3) is 0.368. The van der Waals surface area contributed by atoms with Gasteiger partial charge in [-0.3, -0.25) is 14.6 Å². The quantitative estimate of drug-likeness (QED) is 0.727. The molecule has 7 nitrogen and oxygen atoms in total. The third-order valence-corrected chi connectivity index (χ3v) is 4.61. The molecule has 1 saturated heterocycles. The van der Waals surface area contributed by atoms with Crippen LogP contribution in [-0.4, -0.2) is 71.9 Å². The molecule has 0 saturated carbocycles. The van der Waals surface area contributed by atoms with Gasteiger partial charge < -0.3 is 14.7 Å². The molecule has 3 heterocycles. The van der Waals surface area contributed by atoms with Gasteiger partial charge in [0.2, 0.25) is 6.41 Å². The summed E-state index contributed by atoms with van der Waals surface area (Å²) >= 11 is 0. The van der Waals surface area contributed by atoms with E-state index >= 15 is 0 Å². The van der Waals surface area contributed by atoms with Crippen molar-refractivity contribution in [2.45, 2.75) is 6.42 Å². The molecule has 0 N–H and O–H groups in total. The van der Waals surface area contributed by atoms with Crippen LogP contribution in [0.4, 0.5) is 5.82 Å². The van der Waals surface area contributed by atoms with Crippen LogP contribution in [0.2, 0.25) is 0 Å². The molecular formula is C19H23N5O2. The van der Waals surface area contributed by atoms with Crippen LogP contribution in [0.15, 0.2) is 42.9 Å². The summed E-state index contributed by atoms with van der Waals surface area (Å²) in [5.74, 6) is 0.801. The highest BCUT2D eigenvalue weighted by molar-refractivity contribution is 5.93. The van der Waals surface area contributed by atoms with Gasteiger partial charge in [-0.25, -0.2) is 4.98 Å². The van der Waals surface area contributed by atoms with Crippen LogP contribution in [0, 0.1) is 0 Å². The number of carbonyl (C=O) groups excluding carboxylic acids is 2. The minimum Gasteiger partial charge on any atom is -0.353 e. The van der Waals surface area contributed by atoms with E-state index in [1.165, 1.54) is 0 Å². The van der Waals surface area contributed by atoms with Crippen molar-refractivity contribution in [3.63, 3.8) is 0 Å². The zero-order valence-corrected chi connectivity index (χ0v) is 14.9. The van der Waals surface area contributed by atoms with Gasteiger partial charge in [-0.2, -0.15) is 0 Å². The molecule has 1 aliphatic rings. The molecule has 26 heavy (non-hydrogen) atoms. The van der Waals surface area contributed by atoms with E-state index in [1.54, 1.807) is 35.4 Å². The van der Waals surface area contributed by atoms with E-state index in [0.717, 1.165) is 37.3 Å². The number of aromatic nitrogens is 2. The Morgan fingerprint density at radius 3 is 2.50 bits per heavy atom. The molecule has 7 heteroatoms. The summed E-state index contributed by atoms with van der Waals surface area (Å²) in [7, 11) is 1.80. The average molecular weight is 353 g/mol. The van der Waals surface area contributed by atoms with Gasteiger partial charge in [0.25, 0.3) is 5.91 Å². The number of rotatable bonds is 6. The van der Waals surface area contributed by atoms with Gasteiger partial charge >= 0.3 is 0 Å².